The Morgan fingerprint density at radius 1 is 1.45 bits per heavy atom. The molecule has 1 unspecified atom stereocenters. The number of fused-ring (bicyclic) bond motifs is 3. The number of quaternary nitrogens is 1. The Kier molecular flexibility index (Phi) is 4.34. The average molecular weight is 325 g/mol. The lowest BCUT2D eigenvalue weighted by Crippen LogP contribution is -3.20. The molecule has 0 saturated carbocycles. The van der Waals surface area contributed by atoms with Gasteiger partial charge in [0.05, 0.1) is 24.5 Å². The Balaban J connectivity index is 1.65. The number of rotatable bonds is 5. The van der Waals surface area contributed by atoms with Gasteiger partial charge >= 0.3 is 0 Å². The average Bonchev–Trinajstić information content (AvgIpc) is 2.53. The third-order valence-corrected chi connectivity index (χ3v) is 6.45. The van der Waals surface area contributed by atoms with Gasteiger partial charge in [0.1, 0.15) is 11.9 Å². The minimum absolute atomic E-state index is 0.0116. The summed E-state index contributed by atoms with van der Waals surface area (Å²) in [6.45, 7) is 6.45. The van der Waals surface area contributed by atoms with Gasteiger partial charge in [-0.25, -0.2) is 17.5 Å². The SMILES string of the molecule is C=C[C@H]1C[NH+]2CC[C@H]1C[C@@H]2CNS(=O)(=O)c1cccc(F)c1. The minimum Gasteiger partial charge on any atom is -0.331 e. The highest BCUT2D eigenvalue weighted by Gasteiger charge is 2.42. The van der Waals surface area contributed by atoms with Crippen molar-refractivity contribution in [3.63, 3.8) is 0 Å². The quantitative estimate of drug-likeness (QED) is 0.778. The summed E-state index contributed by atoms with van der Waals surface area (Å²) in [7, 11) is -3.64. The summed E-state index contributed by atoms with van der Waals surface area (Å²) < 4.78 is 40.3. The van der Waals surface area contributed by atoms with Crippen molar-refractivity contribution in [2.24, 2.45) is 11.8 Å². The van der Waals surface area contributed by atoms with Crippen LogP contribution in [0.4, 0.5) is 4.39 Å². The second kappa shape index (κ2) is 6.10. The predicted octanol–water partition coefficient (Wildman–Crippen LogP) is 0.583. The molecule has 3 aliphatic rings. The van der Waals surface area contributed by atoms with Crippen LogP contribution in [-0.2, 0) is 10.0 Å². The van der Waals surface area contributed by atoms with Crippen molar-refractivity contribution in [1.82, 2.24) is 4.72 Å². The predicted molar refractivity (Wildman–Crippen MR) is 82.5 cm³/mol. The normalized spacial score (nSPS) is 31.1. The second-order valence-electron chi connectivity index (χ2n) is 6.30. The number of hydrogen-bond donors (Lipinski definition) is 2. The first kappa shape index (κ1) is 15.6. The van der Waals surface area contributed by atoms with Crippen molar-refractivity contribution in [2.45, 2.75) is 23.8 Å². The van der Waals surface area contributed by atoms with Crippen molar-refractivity contribution in [1.29, 1.82) is 0 Å². The van der Waals surface area contributed by atoms with Crippen molar-refractivity contribution in [3.05, 3.63) is 42.7 Å². The Hall–Kier alpha value is -1.24. The second-order valence-corrected chi connectivity index (χ2v) is 8.07. The number of benzene rings is 1. The topological polar surface area (TPSA) is 50.6 Å². The first-order valence-electron chi connectivity index (χ1n) is 7.72. The van der Waals surface area contributed by atoms with Crippen LogP contribution in [0.1, 0.15) is 12.8 Å². The number of hydrogen-bond acceptors (Lipinski definition) is 2. The first-order chi connectivity index (χ1) is 10.5. The Labute approximate surface area is 131 Å². The lowest BCUT2D eigenvalue weighted by atomic mass is 9.76. The zero-order valence-corrected chi connectivity index (χ0v) is 13.3. The van der Waals surface area contributed by atoms with Gasteiger partial charge in [-0.2, -0.15) is 0 Å². The number of piperidine rings is 3. The summed E-state index contributed by atoms with van der Waals surface area (Å²) in [6.07, 6.45) is 4.26. The highest BCUT2D eigenvalue weighted by molar-refractivity contribution is 7.89. The standard InChI is InChI=1S/C16H21FN2O2S/c1-2-12-11-19-7-6-13(12)8-15(19)10-18-22(20,21)16-5-3-4-14(17)9-16/h2-5,9,12-13,15,18H,1,6-8,10-11H2/p+1/t12-,13-,15+/m0/s1. The van der Waals surface area contributed by atoms with Crippen LogP contribution in [0.15, 0.2) is 41.8 Å². The Bertz CT molecular complexity index is 662. The largest absolute Gasteiger partial charge is 0.331 e. The third-order valence-electron chi connectivity index (χ3n) is 5.03. The van der Waals surface area contributed by atoms with Crippen LogP contribution >= 0.6 is 0 Å². The van der Waals surface area contributed by atoms with Crippen molar-refractivity contribution < 1.29 is 17.7 Å². The Morgan fingerprint density at radius 2 is 2.27 bits per heavy atom. The Morgan fingerprint density at radius 3 is 2.91 bits per heavy atom. The molecule has 4 nitrogen and oxygen atoms in total. The van der Waals surface area contributed by atoms with Crippen LogP contribution in [0.3, 0.4) is 0 Å². The molecule has 0 aliphatic carbocycles. The van der Waals surface area contributed by atoms with Gasteiger partial charge in [-0.3, -0.25) is 0 Å². The number of nitrogens with one attached hydrogen (secondary N) is 2. The van der Waals surface area contributed by atoms with E-state index in [9.17, 15) is 12.8 Å². The smallest absolute Gasteiger partial charge is 0.240 e. The van der Waals surface area contributed by atoms with Crippen LogP contribution in [0.2, 0.25) is 0 Å². The summed E-state index contributed by atoms with van der Waals surface area (Å²) in [5.74, 6) is 0.640. The van der Waals surface area contributed by atoms with Crippen LogP contribution in [-0.4, -0.2) is 34.1 Å². The summed E-state index contributed by atoms with van der Waals surface area (Å²) in [5, 5.41) is 0. The van der Waals surface area contributed by atoms with Gasteiger partial charge in [0.25, 0.3) is 0 Å². The van der Waals surface area contributed by atoms with Crippen LogP contribution in [0.25, 0.3) is 0 Å². The molecule has 3 heterocycles. The highest BCUT2D eigenvalue weighted by Crippen LogP contribution is 2.27. The van der Waals surface area contributed by atoms with Crippen molar-refractivity contribution >= 4 is 10.0 Å². The van der Waals surface area contributed by atoms with Gasteiger partial charge in [-0.15, -0.1) is 6.58 Å². The first-order valence-corrected chi connectivity index (χ1v) is 9.20. The molecule has 0 radical (unpaired) electrons. The highest BCUT2D eigenvalue weighted by atomic mass is 32.2. The summed E-state index contributed by atoms with van der Waals surface area (Å²) in [6, 6.07) is 5.42. The molecule has 1 aromatic rings. The molecule has 3 fully saturated rings. The van der Waals surface area contributed by atoms with Gasteiger partial charge in [0.2, 0.25) is 10.0 Å². The molecule has 4 rings (SSSR count). The molecule has 0 aromatic heterocycles. The number of halogens is 1. The fraction of sp³-hybridized carbons (Fsp3) is 0.500. The maximum atomic E-state index is 13.2. The summed E-state index contributed by atoms with van der Waals surface area (Å²) >= 11 is 0. The van der Waals surface area contributed by atoms with E-state index >= 15 is 0 Å². The molecule has 0 spiro atoms. The molecule has 4 atom stereocenters. The molecule has 6 heteroatoms. The fourth-order valence-corrected chi connectivity index (χ4v) is 4.90. The van der Waals surface area contributed by atoms with Gasteiger partial charge in [-0.05, 0) is 24.1 Å². The van der Waals surface area contributed by atoms with Gasteiger partial charge in [0.15, 0.2) is 0 Å². The maximum Gasteiger partial charge on any atom is 0.240 e. The van der Waals surface area contributed by atoms with Crippen molar-refractivity contribution in [2.75, 3.05) is 19.6 Å². The van der Waals surface area contributed by atoms with Gasteiger partial charge < -0.3 is 4.90 Å². The molecule has 22 heavy (non-hydrogen) atoms. The van der Waals surface area contributed by atoms with Gasteiger partial charge in [-0.1, -0.05) is 12.1 Å². The molecule has 0 amide bonds. The molecule has 3 saturated heterocycles. The van der Waals surface area contributed by atoms with Gasteiger partial charge in [0, 0.05) is 18.8 Å². The van der Waals surface area contributed by atoms with E-state index in [2.05, 4.69) is 11.3 Å². The van der Waals surface area contributed by atoms with Crippen LogP contribution in [0, 0.1) is 17.7 Å². The molecular weight excluding hydrogens is 303 g/mol. The molecule has 120 valence electrons. The van der Waals surface area contributed by atoms with E-state index in [0.717, 1.165) is 25.6 Å². The van der Waals surface area contributed by atoms with E-state index in [-0.39, 0.29) is 4.90 Å². The zero-order valence-electron chi connectivity index (χ0n) is 12.5. The van der Waals surface area contributed by atoms with E-state index in [1.165, 1.54) is 29.5 Å². The minimum atomic E-state index is -3.64. The van der Waals surface area contributed by atoms with Crippen LogP contribution in [0.5, 0.6) is 0 Å². The van der Waals surface area contributed by atoms with Crippen molar-refractivity contribution in [3.8, 4) is 0 Å². The zero-order chi connectivity index (χ0) is 15.7. The fourth-order valence-electron chi connectivity index (χ4n) is 3.78. The molecule has 3 aliphatic heterocycles. The summed E-state index contributed by atoms with van der Waals surface area (Å²) in [5.41, 5.74) is 0. The lowest BCUT2D eigenvalue weighted by molar-refractivity contribution is -0.944. The summed E-state index contributed by atoms with van der Waals surface area (Å²) in [4.78, 5) is 1.44. The lowest BCUT2D eigenvalue weighted by Gasteiger charge is -2.46. The van der Waals surface area contributed by atoms with E-state index in [1.54, 1.807) is 0 Å². The van der Waals surface area contributed by atoms with E-state index in [0.29, 0.717) is 24.4 Å². The molecule has 1 aromatic carbocycles. The maximum absolute atomic E-state index is 13.2. The molecular formula is C16H22FN2O2S+. The van der Waals surface area contributed by atoms with Crippen LogP contribution < -0.4 is 9.62 Å². The molecule has 2 bridgehead atoms. The van der Waals surface area contributed by atoms with E-state index in [4.69, 9.17) is 0 Å². The van der Waals surface area contributed by atoms with E-state index < -0.39 is 15.8 Å². The molecule has 2 N–H and O–H groups in total. The number of sulfonamides is 1. The van der Waals surface area contributed by atoms with E-state index in [1.807, 2.05) is 6.08 Å². The monoisotopic (exact) mass is 325 g/mol. The third kappa shape index (κ3) is 3.09.